The van der Waals surface area contributed by atoms with Gasteiger partial charge in [0.25, 0.3) is 0 Å². The van der Waals surface area contributed by atoms with E-state index in [4.69, 9.17) is 5.73 Å². The molecule has 1 aromatic carbocycles. The Balaban J connectivity index is 2.33. The second-order valence-corrected chi connectivity index (χ2v) is 8.01. The van der Waals surface area contributed by atoms with E-state index in [9.17, 15) is 8.42 Å². The Bertz CT molecular complexity index is 708. The summed E-state index contributed by atoms with van der Waals surface area (Å²) in [6, 6.07) is 6.46. The zero-order valence-corrected chi connectivity index (χ0v) is 13.8. The van der Waals surface area contributed by atoms with Crippen molar-refractivity contribution in [2.75, 3.05) is 0 Å². The fraction of sp³-hybridized carbons (Fsp3) is 0.357. The van der Waals surface area contributed by atoms with Crippen LogP contribution in [-0.4, -0.2) is 13.4 Å². The third-order valence-corrected chi connectivity index (χ3v) is 5.80. The number of thiazole rings is 1. The molecule has 114 valence electrons. The molecule has 0 aliphatic heterocycles. The highest BCUT2D eigenvalue weighted by Crippen LogP contribution is 2.25. The molecule has 1 aromatic heterocycles. The molecule has 0 radical (unpaired) electrons. The first-order chi connectivity index (χ1) is 9.72. The summed E-state index contributed by atoms with van der Waals surface area (Å²) in [6.45, 7) is 5.40. The van der Waals surface area contributed by atoms with E-state index >= 15 is 0 Å². The van der Waals surface area contributed by atoms with E-state index in [0.717, 1.165) is 10.6 Å². The van der Waals surface area contributed by atoms with Crippen LogP contribution in [0.2, 0.25) is 0 Å². The SMILES string of the molecule is CC(N)c1cccc(S(=O)(=O)NC(C)(C)c2nccs2)c1. The van der Waals surface area contributed by atoms with Crippen molar-refractivity contribution in [3.8, 4) is 0 Å². The molecule has 0 saturated carbocycles. The molecule has 5 nitrogen and oxygen atoms in total. The minimum Gasteiger partial charge on any atom is -0.324 e. The van der Waals surface area contributed by atoms with E-state index in [1.54, 1.807) is 38.2 Å². The molecule has 7 heteroatoms. The number of nitrogens with one attached hydrogen (secondary N) is 1. The zero-order valence-electron chi connectivity index (χ0n) is 12.2. The van der Waals surface area contributed by atoms with Crippen LogP contribution in [0.5, 0.6) is 0 Å². The van der Waals surface area contributed by atoms with Gasteiger partial charge in [0.15, 0.2) is 0 Å². The summed E-state index contributed by atoms with van der Waals surface area (Å²) < 4.78 is 27.8. The van der Waals surface area contributed by atoms with Crippen molar-refractivity contribution in [2.45, 2.75) is 37.2 Å². The lowest BCUT2D eigenvalue weighted by Crippen LogP contribution is -2.40. The normalized spacial score (nSPS) is 14.1. The molecular formula is C14H19N3O2S2. The van der Waals surface area contributed by atoms with E-state index in [1.807, 2.05) is 18.4 Å². The van der Waals surface area contributed by atoms with Crippen LogP contribution >= 0.6 is 11.3 Å². The average molecular weight is 325 g/mol. The summed E-state index contributed by atoms with van der Waals surface area (Å²) in [7, 11) is -3.64. The molecular weight excluding hydrogens is 306 g/mol. The Labute approximate surface area is 129 Å². The van der Waals surface area contributed by atoms with Gasteiger partial charge in [0.2, 0.25) is 10.0 Å². The van der Waals surface area contributed by atoms with Gasteiger partial charge in [-0.05, 0) is 38.5 Å². The molecule has 2 rings (SSSR count). The Kier molecular flexibility index (Phi) is 4.48. The number of aromatic nitrogens is 1. The summed E-state index contributed by atoms with van der Waals surface area (Å²) in [5, 5.41) is 2.54. The summed E-state index contributed by atoms with van der Waals surface area (Å²) >= 11 is 1.42. The van der Waals surface area contributed by atoms with Gasteiger partial charge in [-0.2, -0.15) is 4.72 Å². The third-order valence-electron chi connectivity index (χ3n) is 3.05. The number of benzene rings is 1. The second kappa shape index (κ2) is 5.84. The zero-order chi connectivity index (χ0) is 15.7. The van der Waals surface area contributed by atoms with Gasteiger partial charge in [-0.25, -0.2) is 13.4 Å². The predicted octanol–water partition coefficient (Wildman–Crippen LogP) is 2.38. The van der Waals surface area contributed by atoms with Gasteiger partial charge in [-0.3, -0.25) is 0 Å². The Morgan fingerprint density at radius 3 is 2.67 bits per heavy atom. The molecule has 0 amide bonds. The first-order valence-electron chi connectivity index (χ1n) is 6.52. The van der Waals surface area contributed by atoms with Crippen molar-refractivity contribution >= 4 is 21.4 Å². The summed E-state index contributed by atoms with van der Waals surface area (Å²) in [5.41, 5.74) is 5.82. The van der Waals surface area contributed by atoms with Crippen LogP contribution in [0.25, 0.3) is 0 Å². The number of sulfonamides is 1. The Morgan fingerprint density at radius 2 is 2.10 bits per heavy atom. The maximum Gasteiger partial charge on any atom is 0.241 e. The monoisotopic (exact) mass is 325 g/mol. The highest BCUT2D eigenvalue weighted by Gasteiger charge is 2.30. The van der Waals surface area contributed by atoms with Crippen molar-refractivity contribution in [1.29, 1.82) is 0 Å². The third kappa shape index (κ3) is 3.68. The Hall–Kier alpha value is -1.28. The first-order valence-corrected chi connectivity index (χ1v) is 8.88. The van der Waals surface area contributed by atoms with Gasteiger partial charge in [0.05, 0.1) is 10.4 Å². The summed E-state index contributed by atoms with van der Waals surface area (Å²) in [6.07, 6.45) is 1.66. The molecule has 0 saturated heterocycles. The van der Waals surface area contributed by atoms with Crippen molar-refractivity contribution in [1.82, 2.24) is 9.71 Å². The van der Waals surface area contributed by atoms with Crippen molar-refractivity contribution in [3.63, 3.8) is 0 Å². The van der Waals surface area contributed by atoms with Crippen LogP contribution in [0.15, 0.2) is 40.7 Å². The lowest BCUT2D eigenvalue weighted by Gasteiger charge is -2.23. The lowest BCUT2D eigenvalue weighted by molar-refractivity contribution is 0.470. The average Bonchev–Trinajstić information content (AvgIpc) is 2.92. The first kappa shape index (κ1) is 16.1. The minimum absolute atomic E-state index is 0.210. The molecule has 2 aromatic rings. The van der Waals surface area contributed by atoms with Crippen LogP contribution in [0, 0.1) is 0 Å². The van der Waals surface area contributed by atoms with Gasteiger partial charge >= 0.3 is 0 Å². The summed E-state index contributed by atoms with van der Waals surface area (Å²) in [4.78, 5) is 4.39. The molecule has 0 bridgehead atoms. The van der Waals surface area contributed by atoms with E-state index in [1.165, 1.54) is 11.3 Å². The van der Waals surface area contributed by atoms with Crippen molar-refractivity contribution < 1.29 is 8.42 Å². The van der Waals surface area contributed by atoms with E-state index in [-0.39, 0.29) is 10.9 Å². The predicted molar refractivity (Wildman–Crippen MR) is 84.5 cm³/mol. The maximum absolute atomic E-state index is 12.5. The maximum atomic E-state index is 12.5. The number of nitrogens with zero attached hydrogens (tertiary/aromatic N) is 1. The largest absolute Gasteiger partial charge is 0.324 e. The number of rotatable bonds is 5. The van der Waals surface area contributed by atoms with Crippen LogP contribution in [0.3, 0.4) is 0 Å². The van der Waals surface area contributed by atoms with Crippen LogP contribution in [-0.2, 0) is 15.6 Å². The smallest absolute Gasteiger partial charge is 0.241 e. The molecule has 1 heterocycles. The van der Waals surface area contributed by atoms with Crippen LogP contribution in [0.4, 0.5) is 0 Å². The minimum atomic E-state index is -3.64. The van der Waals surface area contributed by atoms with Gasteiger partial charge in [0.1, 0.15) is 5.01 Å². The van der Waals surface area contributed by atoms with E-state index < -0.39 is 15.6 Å². The molecule has 3 N–H and O–H groups in total. The van der Waals surface area contributed by atoms with Gasteiger partial charge in [0, 0.05) is 17.6 Å². The molecule has 1 unspecified atom stereocenters. The molecule has 0 aliphatic rings. The number of hydrogen-bond donors (Lipinski definition) is 2. The topological polar surface area (TPSA) is 85.1 Å². The summed E-state index contributed by atoms with van der Waals surface area (Å²) in [5.74, 6) is 0. The van der Waals surface area contributed by atoms with Crippen LogP contribution in [0.1, 0.15) is 37.4 Å². The lowest BCUT2D eigenvalue weighted by atomic mass is 10.1. The molecule has 0 fully saturated rings. The molecule has 1 atom stereocenters. The van der Waals surface area contributed by atoms with E-state index in [0.29, 0.717) is 0 Å². The highest BCUT2D eigenvalue weighted by molar-refractivity contribution is 7.89. The molecule has 0 aliphatic carbocycles. The van der Waals surface area contributed by atoms with Crippen molar-refractivity contribution in [3.05, 3.63) is 46.4 Å². The van der Waals surface area contributed by atoms with Gasteiger partial charge in [-0.15, -0.1) is 11.3 Å². The second-order valence-electron chi connectivity index (χ2n) is 5.43. The molecule has 0 spiro atoms. The fourth-order valence-corrected chi connectivity index (χ4v) is 4.15. The quantitative estimate of drug-likeness (QED) is 0.884. The standard InChI is InChI=1S/C14H19N3O2S2/c1-10(15)11-5-4-6-12(9-11)21(18,19)17-14(2,3)13-16-7-8-20-13/h4-10,17H,15H2,1-3H3. The van der Waals surface area contributed by atoms with Gasteiger partial charge in [-0.1, -0.05) is 12.1 Å². The van der Waals surface area contributed by atoms with Gasteiger partial charge < -0.3 is 5.73 Å². The molecule has 21 heavy (non-hydrogen) atoms. The van der Waals surface area contributed by atoms with Crippen LogP contribution < -0.4 is 10.5 Å². The number of hydrogen-bond acceptors (Lipinski definition) is 5. The van der Waals surface area contributed by atoms with Crippen molar-refractivity contribution in [2.24, 2.45) is 5.73 Å². The van der Waals surface area contributed by atoms with E-state index in [2.05, 4.69) is 9.71 Å². The Morgan fingerprint density at radius 1 is 1.38 bits per heavy atom. The fourth-order valence-electron chi connectivity index (χ4n) is 1.94. The number of nitrogens with two attached hydrogens (primary N) is 1. The highest BCUT2D eigenvalue weighted by atomic mass is 32.2.